The minimum Gasteiger partial charge on any atom is -0.469 e. The fraction of sp³-hybridized carbons (Fsp3) is 0.652. The number of benzene rings is 1. The van der Waals surface area contributed by atoms with Gasteiger partial charge in [-0.05, 0) is 25.3 Å². The summed E-state index contributed by atoms with van der Waals surface area (Å²) >= 11 is 0. The molecule has 30 heavy (non-hydrogen) atoms. The van der Waals surface area contributed by atoms with Gasteiger partial charge in [0.25, 0.3) is 0 Å². The largest absolute Gasteiger partial charge is 0.469 e. The van der Waals surface area contributed by atoms with E-state index in [2.05, 4.69) is 60.2 Å². The minimum absolute atomic E-state index is 0.106. The Kier molecular flexibility index (Phi) is 8.10. The number of likely N-dealkylation sites (tertiary alicyclic amines) is 1. The lowest BCUT2D eigenvalue weighted by Gasteiger charge is -2.34. The molecule has 0 aromatic heterocycles. The first-order valence-electron chi connectivity index (χ1n) is 11.0. The first-order chi connectivity index (χ1) is 14.5. The van der Waals surface area contributed by atoms with E-state index in [0.29, 0.717) is 13.1 Å². The molecule has 0 saturated carbocycles. The number of guanidine groups is 1. The molecule has 2 heterocycles. The molecule has 0 spiro atoms. The number of esters is 1. The number of nitrogens with zero attached hydrogens (tertiary/aromatic N) is 3. The van der Waals surface area contributed by atoms with Crippen LogP contribution in [0.15, 0.2) is 29.3 Å². The molecule has 7 nitrogen and oxygen atoms in total. The van der Waals surface area contributed by atoms with Crippen LogP contribution in [0.25, 0.3) is 0 Å². The lowest BCUT2D eigenvalue weighted by atomic mass is 9.99. The first-order valence-corrected chi connectivity index (χ1v) is 11.0. The predicted molar refractivity (Wildman–Crippen MR) is 119 cm³/mol. The topological polar surface area (TPSA) is 66.4 Å². The Morgan fingerprint density at radius 1 is 1.27 bits per heavy atom. The molecule has 1 N–H and O–H groups in total. The van der Waals surface area contributed by atoms with Crippen molar-refractivity contribution in [1.82, 2.24) is 15.1 Å². The number of ether oxygens (including phenoxy) is 2. The molecular weight excluding hydrogens is 380 g/mol. The number of carbonyl (C=O) groups is 1. The Balaban J connectivity index is 1.78. The van der Waals surface area contributed by atoms with Crippen LogP contribution < -0.4 is 5.32 Å². The van der Waals surface area contributed by atoms with E-state index >= 15 is 0 Å². The maximum atomic E-state index is 12.1. The van der Waals surface area contributed by atoms with Crippen LogP contribution in [0.3, 0.4) is 0 Å². The zero-order valence-corrected chi connectivity index (χ0v) is 18.8. The summed E-state index contributed by atoms with van der Waals surface area (Å²) in [5.41, 5.74) is 2.54. The number of nitrogens with one attached hydrogen (secondary N) is 1. The molecule has 1 aromatic rings. The van der Waals surface area contributed by atoms with Crippen molar-refractivity contribution in [2.24, 2.45) is 16.8 Å². The van der Waals surface area contributed by atoms with Gasteiger partial charge in [-0.2, -0.15) is 0 Å². The summed E-state index contributed by atoms with van der Waals surface area (Å²) in [6, 6.07) is 8.97. The molecule has 3 rings (SSSR count). The minimum atomic E-state index is -0.133. The van der Waals surface area contributed by atoms with Gasteiger partial charge in [-0.25, -0.2) is 0 Å². The van der Waals surface area contributed by atoms with Gasteiger partial charge >= 0.3 is 5.97 Å². The Morgan fingerprint density at radius 2 is 1.97 bits per heavy atom. The number of aliphatic imine (C=N–C) groups is 1. The quantitative estimate of drug-likeness (QED) is 0.435. The summed E-state index contributed by atoms with van der Waals surface area (Å²) in [6.45, 7) is 12.5. The van der Waals surface area contributed by atoms with Crippen molar-refractivity contribution in [3.63, 3.8) is 0 Å². The zero-order chi connectivity index (χ0) is 21.5. The molecule has 7 heteroatoms. The third kappa shape index (κ3) is 5.52. The van der Waals surface area contributed by atoms with Gasteiger partial charge in [0.05, 0.1) is 38.8 Å². The van der Waals surface area contributed by atoms with E-state index in [1.54, 1.807) is 0 Å². The molecular formula is C23H36N4O3. The van der Waals surface area contributed by atoms with E-state index in [4.69, 9.17) is 14.5 Å². The molecule has 0 bridgehead atoms. The van der Waals surface area contributed by atoms with Gasteiger partial charge in [0.15, 0.2) is 5.96 Å². The average molecular weight is 417 g/mol. The number of carbonyl (C=O) groups excluding carboxylic acids is 1. The van der Waals surface area contributed by atoms with Crippen molar-refractivity contribution in [3.05, 3.63) is 35.4 Å². The van der Waals surface area contributed by atoms with Gasteiger partial charge in [-0.15, -0.1) is 0 Å². The summed E-state index contributed by atoms with van der Waals surface area (Å²) in [5.74, 6) is 0.882. The molecule has 0 radical (unpaired) electrons. The van der Waals surface area contributed by atoms with Crippen molar-refractivity contribution in [3.8, 4) is 0 Å². The highest BCUT2D eigenvalue weighted by Gasteiger charge is 2.37. The van der Waals surface area contributed by atoms with Gasteiger partial charge in [-0.1, -0.05) is 36.8 Å². The number of aryl methyl sites for hydroxylation is 1. The van der Waals surface area contributed by atoms with E-state index in [-0.39, 0.29) is 23.8 Å². The number of hydrogen-bond donors (Lipinski definition) is 1. The second kappa shape index (κ2) is 10.8. The average Bonchev–Trinajstić information content (AvgIpc) is 3.16. The van der Waals surface area contributed by atoms with Crippen LogP contribution in [0.1, 0.15) is 31.0 Å². The van der Waals surface area contributed by atoms with Crippen molar-refractivity contribution < 1.29 is 14.3 Å². The Hall–Kier alpha value is -2.12. The van der Waals surface area contributed by atoms with Crippen LogP contribution in [0.5, 0.6) is 0 Å². The van der Waals surface area contributed by atoms with Gasteiger partial charge in [0.2, 0.25) is 0 Å². The smallest absolute Gasteiger partial charge is 0.310 e. The first kappa shape index (κ1) is 22.6. The van der Waals surface area contributed by atoms with Gasteiger partial charge in [0.1, 0.15) is 0 Å². The maximum Gasteiger partial charge on any atom is 0.310 e. The molecule has 2 aliphatic heterocycles. The molecule has 2 fully saturated rings. The van der Waals surface area contributed by atoms with E-state index in [9.17, 15) is 4.79 Å². The van der Waals surface area contributed by atoms with Crippen LogP contribution in [0, 0.1) is 18.8 Å². The van der Waals surface area contributed by atoms with Gasteiger partial charge in [-0.3, -0.25) is 14.7 Å². The lowest BCUT2D eigenvalue weighted by molar-refractivity contribution is -0.145. The monoisotopic (exact) mass is 416 g/mol. The van der Waals surface area contributed by atoms with Crippen molar-refractivity contribution in [2.75, 3.05) is 59.6 Å². The summed E-state index contributed by atoms with van der Waals surface area (Å²) < 4.78 is 10.6. The maximum absolute atomic E-state index is 12.1. The Labute approximate surface area is 180 Å². The van der Waals surface area contributed by atoms with Crippen LogP contribution in [-0.4, -0.2) is 81.3 Å². The van der Waals surface area contributed by atoms with Crippen molar-refractivity contribution in [1.29, 1.82) is 0 Å². The highest BCUT2D eigenvalue weighted by molar-refractivity contribution is 5.82. The van der Waals surface area contributed by atoms with Crippen molar-refractivity contribution >= 4 is 11.9 Å². The number of methoxy groups -OCH3 is 1. The van der Waals surface area contributed by atoms with Crippen LogP contribution in [0.4, 0.5) is 0 Å². The number of rotatable bonds is 6. The summed E-state index contributed by atoms with van der Waals surface area (Å²) in [5, 5.41) is 3.42. The van der Waals surface area contributed by atoms with Gasteiger partial charge < -0.3 is 19.7 Å². The zero-order valence-electron chi connectivity index (χ0n) is 18.8. The molecule has 1 aromatic carbocycles. The lowest BCUT2D eigenvalue weighted by Crippen LogP contribution is -2.43. The van der Waals surface area contributed by atoms with E-state index in [0.717, 1.165) is 45.4 Å². The molecule has 166 valence electrons. The summed E-state index contributed by atoms with van der Waals surface area (Å²) in [4.78, 5) is 21.8. The predicted octanol–water partition coefficient (Wildman–Crippen LogP) is 2.07. The molecule has 0 amide bonds. The molecule has 0 aliphatic carbocycles. The molecule has 2 aliphatic rings. The SMILES string of the molecule is CCNC(=NCC(c1ccc(C)cc1)N1CCOCC1)N1CC(C)C(C(=O)OC)C1. The third-order valence-corrected chi connectivity index (χ3v) is 6.11. The summed E-state index contributed by atoms with van der Waals surface area (Å²) in [6.07, 6.45) is 0. The van der Waals surface area contributed by atoms with E-state index < -0.39 is 0 Å². The van der Waals surface area contributed by atoms with Crippen LogP contribution in [-0.2, 0) is 14.3 Å². The van der Waals surface area contributed by atoms with E-state index in [1.807, 2.05) is 0 Å². The fourth-order valence-electron chi connectivity index (χ4n) is 4.31. The second-order valence-corrected chi connectivity index (χ2v) is 8.28. The highest BCUT2D eigenvalue weighted by atomic mass is 16.5. The highest BCUT2D eigenvalue weighted by Crippen LogP contribution is 2.26. The molecule has 3 atom stereocenters. The third-order valence-electron chi connectivity index (χ3n) is 6.11. The van der Waals surface area contributed by atoms with Crippen LogP contribution >= 0.6 is 0 Å². The van der Waals surface area contributed by atoms with E-state index in [1.165, 1.54) is 18.2 Å². The number of morpholine rings is 1. The van der Waals surface area contributed by atoms with Gasteiger partial charge in [0, 0.05) is 32.7 Å². The fourth-order valence-corrected chi connectivity index (χ4v) is 4.31. The van der Waals surface area contributed by atoms with Crippen LogP contribution in [0.2, 0.25) is 0 Å². The second-order valence-electron chi connectivity index (χ2n) is 8.28. The standard InChI is InChI=1S/C23H36N4O3/c1-5-24-23(27-15-18(3)20(16-27)22(28)29-4)25-14-21(26-10-12-30-13-11-26)19-8-6-17(2)7-9-19/h6-9,18,20-21H,5,10-16H2,1-4H3,(H,24,25). The normalized spacial score (nSPS) is 24.0. The Bertz CT molecular complexity index is 716. The number of hydrogen-bond acceptors (Lipinski definition) is 5. The summed E-state index contributed by atoms with van der Waals surface area (Å²) in [7, 11) is 1.46. The molecule has 3 unspecified atom stereocenters. The Morgan fingerprint density at radius 3 is 2.60 bits per heavy atom. The molecule has 2 saturated heterocycles. The van der Waals surface area contributed by atoms with Crippen molar-refractivity contribution in [2.45, 2.75) is 26.8 Å².